The van der Waals surface area contributed by atoms with E-state index in [1.807, 2.05) is 6.92 Å². The van der Waals surface area contributed by atoms with E-state index in [-0.39, 0.29) is 17.6 Å². The van der Waals surface area contributed by atoms with Crippen LogP contribution in [0.5, 0.6) is 5.75 Å². The molecule has 0 unspecified atom stereocenters. The van der Waals surface area contributed by atoms with Gasteiger partial charge in [0, 0.05) is 0 Å². The third-order valence-corrected chi connectivity index (χ3v) is 7.51. The second-order valence-electron chi connectivity index (χ2n) is 9.26. The van der Waals surface area contributed by atoms with E-state index in [1.165, 1.54) is 17.2 Å². The van der Waals surface area contributed by atoms with Gasteiger partial charge in [-0.25, -0.2) is 13.2 Å². The molecule has 0 aliphatic heterocycles. The predicted octanol–water partition coefficient (Wildman–Crippen LogP) is 8.52. The van der Waals surface area contributed by atoms with Crippen LogP contribution < -0.4 is 4.74 Å². The predicted molar refractivity (Wildman–Crippen MR) is 123 cm³/mol. The second-order valence-corrected chi connectivity index (χ2v) is 9.26. The summed E-state index contributed by atoms with van der Waals surface area (Å²) < 4.78 is 62.9. The highest BCUT2D eigenvalue weighted by Gasteiger charge is 2.28. The standard InChI is InChI=1S/C28H32F4O/c1-3-17-13-14-22(26(30)25(17)29)20-9-5-18(6-10-20)19-7-11-21(12-8-19)23-15-16-24(33-4-2)28(32)27(23)31/h13-16,20-21H,3-12H2,1-2H3. The van der Waals surface area contributed by atoms with Gasteiger partial charge in [0.2, 0.25) is 5.82 Å². The summed E-state index contributed by atoms with van der Waals surface area (Å²) in [6.45, 7) is 3.86. The van der Waals surface area contributed by atoms with Gasteiger partial charge < -0.3 is 4.74 Å². The van der Waals surface area contributed by atoms with E-state index in [0.717, 1.165) is 51.4 Å². The summed E-state index contributed by atoms with van der Waals surface area (Å²) in [5.74, 6) is -3.04. The Labute approximate surface area is 193 Å². The van der Waals surface area contributed by atoms with E-state index >= 15 is 0 Å². The molecule has 2 saturated carbocycles. The first-order valence-corrected chi connectivity index (χ1v) is 12.2. The molecule has 178 valence electrons. The van der Waals surface area contributed by atoms with Crippen molar-refractivity contribution in [1.82, 2.24) is 0 Å². The Morgan fingerprint density at radius 3 is 1.64 bits per heavy atom. The van der Waals surface area contributed by atoms with Crippen molar-refractivity contribution < 1.29 is 22.3 Å². The molecule has 0 N–H and O–H groups in total. The molecule has 0 saturated heterocycles. The molecular formula is C28H32F4O. The first kappa shape index (κ1) is 23.8. The van der Waals surface area contributed by atoms with Crippen LogP contribution in [0.3, 0.4) is 0 Å². The van der Waals surface area contributed by atoms with Crippen LogP contribution in [0.15, 0.2) is 35.4 Å². The lowest BCUT2D eigenvalue weighted by Gasteiger charge is -2.31. The summed E-state index contributed by atoms with van der Waals surface area (Å²) in [4.78, 5) is 0. The molecule has 0 amide bonds. The number of rotatable bonds is 5. The van der Waals surface area contributed by atoms with Crippen LogP contribution in [0, 0.1) is 23.3 Å². The van der Waals surface area contributed by atoms with Crippen LogP contribution in [-0.2, 0) is 6.42 Å². The van der Waals surface area contributed by atoms with Crippen molar-refractivity contribution in [2.45, 2.75) is 83.5 Å². The van der Waals surface area contributed by atoms with E-state index in [1.54, 1.807) is 25.1 Å². The third kappa shape index (κ3) is 4.83. The van der Waals surface area contributed by atoms with Gasteiger partial charge in [0.1, 0.15) is 0 Å². The van der Waals surface area contributed by atoms with E-state index in [4.69, 9.17) is 4.74 Å². The van der Waals surface area contributed by atoms with Crippen LogP contribution in [0.4, 0.5) is 17.6 Å². The number of hydrogen-bond donors (Lipinski definition) is 0. The molecule has 2 aliphatic rings. The lowest BCUT2D eigenvalue weighted by molar-refractivity contribution is 0.312. The monoisotopic (exact) mass is 460 g/mol. The minimum Gasteiger partial charge on any atom is -0.491 e. The second kappa shape index (κ2) is 10.3. The van der Waals surface area contributed by atoms with Gasteiger partial charge in [0.05, 0.1) is 6.61 Å². The Morgan fingerprint density at radius 1 is 0.667 bits per heavy atom. The molecule has 2 fully saturated rings. The SMILES string of the molecule is CCOc1ccc(C2CCC(=C3CCC(c4ccc(CC)c(F)c4F)CC3)CC2)c(F)c1F. The Morgan fingerprint density at radius 2 is 1.15 bits per heavy atom. The first-order valence-electron chi connectivity index (χ1n) is 12.2. The van der Waals surface area contributed by atoms with Gasteiger partial charge in [-0.1, -0.05) is 36.3 Å². The summed E-state index contributed by atoms with van der Waals surface area (Å²) in [6, 6.07) is 6.66. The molecule has 0 bridgehead atoms. The summed E-state index contributed by atoms with van der Waals surface area (Å²) in [7, 11) is 0. The summed E-state index contributed by atoms with van der Waals surface area (Å²) in [5.41, 5.74) is 4.22. The molecular weight excluding hydrogens is 428 g/mol. The van der Waals surface area contributed by atoms with Gasteiger partial charge in [0.15, 0.2) is 23.2 Å². The Balaban J connectivity index is 1.39. The minimum absolute atomic E-state index is 0.00465. The molecule has 0 aromatic heterocycles. The fourth-order valence-corrected chi connectivity index (χ4v) is 5.58. The molecule has 5 heteroatoms. The molecule has 2 aromatic rings. The Bertz CT molecular complexity index is 1020. The largest absolute Gasteiger partial charge is 0.491 e. The molecule has 2 aromatic carbocycles. The first-order chi connectivity index (χ1) is 15.9. The number of benzene rings is 2. The summed E-state index contributed by atoms with van der Waals surface area (Å²) in [6.07, 6.45) is 7.28. The zero-order valence-corrected chi connectivity index (χ0v) is 19.5. The van der Waals surface area contributed by atoms with Crippen molar-refractivity contribution in [3.8, 4) is 5.75 Å². The number of ether oxygens (including phenoxy) is 1. The molecule has 33 heavy (non-hydrogen) atoms. The molecule has 4 rings (SSSR count). The van der Waals surface area contributed by atoms with Gasteiger partial charge in [-0.05, 0) is 99.3 Å². The number of hydrogen-bond acceptors (Lipinski definition) is 1. The van der Waals surface area contributed by atoms with Crippen LogP contribution in [0.1, 0.15) is 93.7 Å². The van der Waals surface area contributed by atoms with Crippen molar-refractivity contribution >= 4 is 0 Å². The molecule has 0 radical (unpaired) electrons. The van der Waals surface area contributed by atoms with Crippen LogP contribution in [-0.4, -0.2) is 6.61 Å². The molecule has 2 aliphatic carbocycles. The summed E-state index contributed by atoms with van der Waals surface area (Å²) >= 11 is 0. The average Bonchev–Trinajstić information content (AvgIpc) is 2.84. The highest BCUT2D eigenvalue weighted by molar-refractivity contribution is 5.35. The van der Waals surface area contributed by atoms with Gasteiger partial charge >= 0.3 is 0 Å². The van der Waals surface area contributed by atoms with Crippen molar-refractivity contribution in [2.75, 3.05) is 6.61 Å². The molecule has 1 nitrogen and oxygen atoms in total. The fourth-order valence-electron chi connectivity index (χ4n) is 5.58. The fraction of sp³-hybridized carbons (Fsp3) is 0.500. The van der Waals surface area contributed by atoms with Gasteiger partial charge in [0.25, 0.3) is 0 Å². The quantitative estimate of drug-likeness (QED) is 0.321. The normalized spacial score (nSPS) is 21.4. The van der Waals surface area contributed by atoms with Crippen molar-refractivity contribution in [3.63, 3.8) is 0 Å². The van der Waals surface area contributed by atoms with Crippen molar-refractivity contribution in [1.29, 1.82) is 0 Å². The third-order valence-electron chi connectivity index (χ3n) is 7.51. The minimum atomic E-state index is -0.896. The topological polar surface area (TPSA) is 9.23 Å². The van der Waals surface area contributed by atoms with Crippen LogP contribution in [0.25, 0.3) is 0 Å². The lowest BCUT2D eigenvalue weighted by Crippen LogP contribution is -2.14. The van der Waals surface area contributed by atoms with Crippen LogP contribution in [0.2, 0.25) is 0 Å². The smallest absolute Gasteiger partial charge is 0.200 e. The zero-order chi connectivity index (χ0) is 23.5. The molecule has 0 heterocycles. The van der Waals surface area contributed by atoms with Crippen molar-refractivity contribution in [2.24, 2.45) is 0 Å². The maximum absolute atomic E-state index is 14.6. The molecule has 0 atom stereocenters. The van der Waals surface area contributed by atoms with E-state index < -0.39 is 23.3 Å². The highest BCUT2D eigenvalue weighted by Crippen LogP contribution is 2.44. The molecule has 0 spiro atoms. The Kier molecular flexibility index (Phi) is 7.45. The zero-order valence-electron chi connectivity index (χ0n) is 19.5. The Hall–Kier alpha value is -2.30. The maximum Gasteiger partial charge on any atom is 0.200 e. The lowest BCUT2D eigenvalue weighted by atomic mass is 9.75. The number of aryl methyl sites for hydroxylation is 1. The average molecular weight is 461 g/mol. The highest BCUT2D eigenvalue weighted by atomic mass is 19.2. The number of allylic oxidation sites excluding steroid dienone is 2. The van der Waals surface area contributed by atoms with Crippen LogP contribution >= 0.6 is 0 Å². The van der Waals surface area contributed by atoms with Gasteiger partial charge in [-0.15, -0.1) is 0 Å². The van der Waals surface area contributed by atoms with Gasteiger partial charge in [-0.2, -0.15) is 4.39 Å². The van der Waals surface area contributed by atoms with Gasteiger partial charge in [-0.3, -0.25) is 0 Å². The van der Waals surface area contributed by atoms with E-state index in [9.17, 15) is 17.6 Å². The van der Waals surface area contributed by atoms with Crippen molar-refractivity contribution in [3.05, 3.63) is 75.4 Å². The van der Waals surface area contributed by atoms with E-state index in [2.05, 4.69) is 0 Å². The maximum atomic E-state index is 14.6. The number of halogens is 4. The summed E-state index contributed by atoms with van der Waals surface area (Å²) in [5, 5.41) is 0. The van der Waals surface area contributed by atoms with E-state index in [0.29, 0.717) is 29.7 Å².